The van der Waals surface area contributed by atoms with Gasteiger partial charge in [-0.3, -0.25) is 4.98 Å². The van der Waals surface area contributed by atoms with E-state index < -0.39 is 0 Å². The minimum Gasteiger partial charge on any atom is -0.506 e. The fraction of sp³-hybridized carbons (Fsp3) is 0.238. The number of anilines is 3. The Hall–Kier alpha value is -4.27. The van der Waals surface area contributed by atoms with E-state index >= 15 is 0 Å². The van der Waals surface area contributed by atoms with Crippen LogP contribution in [0.4, 0.5) is 17.2 Å². The first-order valence-electron chi connectivity index (χ1n) is 16.0. The SMILES string of the molecule is Cc1cc(C)c(-c2ccnc(N3c4[c-]c(-c5ccc6c(C(C)(C)C)ccc(O)c6n5)ccc4C(C)(C)c4ccccc43)c2)c(C)c1.[Pt]. The average Bonchev–Trinajstić information content (AvgIpc) is 3.00. The number of hydrogen-bond acceptors (Lipinski definition) is 4. The van der Waals surface area contributed by atoms with Crippen LogP contribution in [-0.2, 0) is 31.9 Å². The van der Waals surface area contributed by atoms with Gasteiger partial charge in [-0.05, 0) is 101 Å². The molecule has 0 unspecified atom stereocenters. The molecule has 0 saturated carbocycles. The number of para-hydroxylation sites is 1. The third-order valence-electron chi connectivity index (χ3n) is 9.50. The van der Waals surface area contributed by atoms with Crippen LogP contribution < -0.4 is 4.90 Å². The Morgan fingerprint density at radius 3 is 2.26 bits per heavy atom. The van der Waals surface area contributed by atoms with Crippen LogP contribution in [-0.4, -0.2) is 15.1 Å². The Bertz CT molecular complexity index is 2150. The molecule has 0 bridgehead atoms. The first kappa shape index (κ1) is 32.7. The Morgan fingerprint density at radius 1 is 0.809 bits per heavy atom. The van der Waals surface area contributed by atoms with Gasteiger partial charge in [0.15, 0.2) is 0 Å². The van der Waals surface area contributed by atoms with Crippen molar-refractivity contribution in [2.75, 3.05) is 4.90 Å². The molecule has 1 aliphatic rings. The molecule has 4 aromatic carbocycles. The van der Waals surface area contributed by atoms with Gasteiger partial charge in [-0.1, -0.05) is 94.3 Å². The van der Waals surface area contributed by atoms with E-state index in [1.165, 1.54) is 33.4 Å². The van der Waals surface area contributed by atoms with E-state index in [2.05, 4.69) is 133 Å². The number of fused-ring (bicyclic) bond motifs is 3. The molecule has 47 heavy (non-hydrogen) atoms. The van der Waals surface area contributed by atoms with Crippen LogP contribution in [0, 0.1) is 26.8 Å². The van der Waals surface area contributed by atoms with E-state index in [0.717, 1.165) is 45.0 Å². The van der Waals surface area contributed by atoms with Gasteiger partial charge in [-0.25, -0.2) is 4.98 Å². The molecule has 6 aromatic rings. The molecule has 0 spiro atoms. The zero-order valence-electron chi connectivity index (χ0n) is 28.3. The van der Waals surface area contributed by atoms with E-state index in [1.807, 2.05) is 18.3 Å². The molecule has 3 heterocycles. The number of aryl methyl sites for hydroxylation is 3. The Morgan fingerprint density at radius 2 is 1.53 bits per heavy atom. The number of hydrogen-bond donors (Lipinski definition) is 1. The first-order valence-corrected chi connectivity index (χ1v) is 16.0. The van der Waals surface area contributed by atoms with Crippen LogP contribution in [0.1, 0.15) is 68.0 Å². The third kappa shape index (κ3) is 5.47. The maximum absolute atomic E-state index is 10.9. The van der Waals surface area contributed by atoms with Crippen LogP contribution >= 0.6 is 0 Å². The van der Waals surface area contributed by atoms with E-state index in [0.29, 0.717) is 5.52 Å². The number of benzene rings is 4. The fourth-order valence-corrected chi connectivity index (χ4v) is 7.35. The van der Waals surface area contributed by atoms with Crippen molar-refractivity contribution in [3.63, 3.8) is 0 Å². The maximum atomic E-state index is 10.9. The molecule has 4 nitrogen and oxygen atoms in total. The van der Waals surface area contributed by atoms with Crippen LogP contribution in [0.25, 0.3) is 33.3 Å². The van der Waals surface area contributed by atoms with Crippen LogP contribution in [0.3, 0.4) is 0 Å². The summed E-state index contributed by atoms with van der Waals surface area (Å²) in [6.07, 6.45) is 1.91. The number of phenols is 1. The van der Waals surface area contributed by atoms with Gasteiger partial charge in [-0.2, -0.15) is 0 Å². The first-order chi connectivity index (χ1) is 21.8. The minimum atomic E-state index is -0.254. The Labute approximate surface area is 292 Å². The van der Waals surface area contributed by atoms with Crippen molar-refractivity contribution in [1.82, 2.24) is 9.97 Å². The molecule has 240 valence electrons. The van der Waals surface area contributed by atoms with Crippen molar-refractivity contribution < 1.29 is 26.2 Å². The smallest absolute Gasteiger partial charge is 0.140 e. The molecule has 0 amide bonds. The molecule has 7 rings (SSSR count). The second kappa shape index (κ2) is 11.8. The van der Waals surface area contributed by atoms with E-state index in [9.17, 15) is 5.11 Å². The number of pyridine rings is 2. The molecule has 0 radical (unpaired) electrons. The van der Waals surface area contributed by atoms with Gasteiger partial charge in [0.1, 0.15) is 17.1 Å². The summed E-state index contributed by atoms with van der Waals surface area (Å²) in [6.45, 7) is 17.6. The summed E-state index contributed by atoms with van der Waals surface area (Å²) in [5.74, 6) is 1.02. The molecule has 2 aromatic heterocycles. The van der Waals surface area contributed by atoms with Crippen molar-refractivity contribution in [3.05, 3.63) is 131 Å². The predicted octanol–water partition coefficient (Wildman–Crippen LogP) is 10.8. The average molecular weight is 798 g/mol. The molecular formula is C42H40N3OPt-. The van der Waals surface area contributed by atoms with Crippen LogP contribution in [0.2, 0.25) is 0 Å². The van der Waals surface area contributed by atoms with Gasteiger partial charge in [0, 0.05) is 38.3 Å². The van der Waals surface area contributed by atoms with Crippen molar-refractivity contribution in [1.29, 1.82) is 0 Å². The van der Waals surface area contributed by atoms with Crippen molar-refractivity contribution >= 4 is 28.1 Å². The summed E-state index contributed by atoms with van der Waals surface area (Å²) >= 11 is 0. The largest absolute Gasteiger partial charge is 0.506 e. The Balaban J connectivity index is 0.00000386. The standard InChI is InChI=1S/C42H40N3O.Pt/c1-25-21-26(2)39(27(3)22-25)29-19-20-43-38(24-29)45-35-12-10-9-11-32(35)42(7,8)33-15-13-28(23-36(33)45)34-17-14-30-31(41(4,5)6)16-18-37(46)40(30)44-34;/h9-22,24,46H,1-8H3;/q-1;. The van der Waals surface area contributed by atoms with E-state index in [1.54, 1.807) is 6.07 Å². The van der Waals surface area contributed by atoms with E-state index in [-0.39, 0.29) is 37.6 Å². The van der Waals surface area contributed by atoms with Crippen LogP contribution in [0.5, 0.6) is 5.75 Å². The summed E-state index contributed by atoms with van der Waals surface area (Å²) in [7, 11) is 0. The van der Waals surface area contributed by atoms with Gasteiger partial charge in [0.2, 0.25) is 0 Å². The quantitative estimate of drug-likeness (QED) is 0.181. The predicted molar refractivity (Wildman–Crippen MR) is 191 cm³/mol. The monoisotopic (exact) mass is 797 g/mol. The van der Waals surface area contributed by atoms with Crippen molar-refractivity contribution in [3.8, 4) is 28.1 Å². The molecule has 0 aliphatic carbocycles. The summed E-state index contributed by atoms with van der Waals surface area (Å²) < 4.78 is 0. The second-order valence-corrected chi connectivity index (χ2v) is 14.3. The normalized spacial score (nSPS) is 13.6. The summed E-state index contributed by atoms with van der Waals surface area (Å²) in [4.78, 5) is 12.2. The number of aromatic hydroxyl groups is 1. The molecule has 0 fully saturated rings. The van der Waals surface area contributed by atoms with Gasteiger partial charge >= 0.3 is 0 Å². The molecule has 0 atom stereocenters. The van der Waals surface area contributed by atoms with Gasteiger partial charge in [0.05, 0.1) is 0 Å². The minimum absolute atomic E-state index is 0. The molecule has 1 aliphatic heterocycles. The number of phenolic OH excluding ortho intramolecular Hbond substituents is 1. The maximum Gasteiger partial charge on any atom is 0.140 e. The molecule has 1 N–H and O–H groups in total. The van der Waals surface area contributed by atoms with Gasteiger partial charge in [0.25, 0.3) is 0 Å². The summed E-state index contributed by atoms with van der Waals surface area (Å²) in [6, 6.07) is 33.4. The Kier molecular flexibility index (Phi) is 8.17. The van der Waals surface area contributed by atoms with Gasteiger partial charge < -0.3 is 10.0 Å². The van der Waals surface area contributed by atoms with E-state index in [4.69, 9.17) is 9.97 Å². The number of aromatic nitrogens is 2. The van der Waals surface area contributed by atoms with Gasteiger partial charge in [-0.15, -0.1) is 23.8 Å². The summed E-state index contributed by atoms with van der Waals surface area (Å²) in [5, 5.41) is 11.8. The topological polar surface area (TPSA) is 49.2 Å². The third-order valence-corrected chi connectivity index (χ3v) is 9.50. The van der Waals surface area contributed by atoms with Crippen molar-refractivity contribution in [2.24, 2.45) is 0 Å². The zero-order chi connectivity index (χ0) is 32.5. The fourth-order valence-electron chi connectivity index (χ4n) is 7.35. The molecular weight excluding hydrogens is 758 g/mol. The number of nitrogens with zero attached hydrogens (tertiary/aromatic N) is 3. The molecule has 5 heteroatoms. The van der Waals surface area contributed by atoms with Crippen LogP contribution in [0.15, 0.2) is 91.1 Å². The summed E-state index contributed by atoms with van der Waals surface area (Å²) in [5.41, 5.74) is 13.7. The second-order valence-electron chi connectivity index (χ2n) is 14.3. The van der Waals surface area contributed by atoms with Crippen molar-refractivity contribution in [2.45, 2.75) is 66.2 Å². The molecule has 0 saturated heterocycles. The zero-order valence-corrected chi connectivity index (χ0v) is 30.5. The number of rotatable bonds is 3.